The van der Waals surface area contributed by atoms with Crippen LogP contribution < -0.4 is 5.32 Å². The Morgan fingerprint density at radius 3 is 2.90 bits per heavy atom. The van der Waals surface area contributed by atoms with Crippen molar-refractivity contribution >= 4 is 16.8 Å². The second kappa shape index (κ2) is 5.06. The van der Waals surface area contributed by atoms with Gasteiger partial charge in [0.2, 0.25) is 5.91 Å². The van der Waals surface area contributed by atoms with Crippen molar-refractivity contribution in [3.8, 4) is 0 Å². The summed E-state index contributed by atoms with van der Waals surface area (Å²) in [6.45, 7) is 1.23. The van der Waals surface area contributed by atoms with Crippen LogP contribution in [0.25, 0.3) is 10.9 Å². The molecule has 21 heavy (non-hydrogen) atoms. The third kappa shape index (κ3) is 2.37. The second-order valence-electron chi connectivity index (χ2n) is 6.35. The summed E-state index contributed by atoms with van der Waals surface area (Å²) in [7, 11) is 0. The van der Waals surface area contributed by atoms with Gasteiger partial charge < -0.3 is 9.88 Å². The Morgan fingerprint density at radius 2 is 2.10 bits per heavy atom. The van der Waals surface area contributed by atoms with Gasteiger partial charge in [0, 0.05) is 18.3 Å². The molecule has 2 aliphatic rings. The van der Waals surface area contributed by atoms with Gasteiger partial charge in [-0.3, -0.25) is 4.79 Å². The van der Waals surface area contributed by atoms with Crippen molar-refractivity contribution in [3.05, 3.63) is 48.7 Å². The van der Waals surface area contributed by atoms with Crippen LogP contribution in [0.5, 0.6) is 0 Å². The molecule has 1 N–H and O–H groups in total. The maximum absolute atomic E-state index is 12.2. The zero-order valence-electron chi connectivity index (χ0n) is 12.0. The molecule has 1 aromatic carbocycles. The SMILES string of the molecule is O=C(Cn1ccc2ccccc21)NC[C@H]1C[C@H]2C=C[C@@H]1C2. The van der Waals surface area contributed by atoms with E-state index in [0.717, 1.165) is 18.0 Å². The van der Waals surface area contributed by atoms with Gasteiger partial charge in [-0.15, -0.1) is 0 Å². The first-order valence-electron chi connectivity index (χ1n) is 7.78. The van der Waals surface area contributed by atoms with E-state index in [4.69, 9.17) is 0 Å². The third-order valence-corrected chi connectivity index (χ3v) is 4.97. The first kappa shape index (κ1) is 12.7. The van der Waals surface area contributed by atoms with Gasteiger partial charge in [0.05, 0.1) is 0 Å². The first-order chi connectivity index (χ1) is 10.3. The van der Waals surface area contributed by atoms with Gasteiger partial charge in [0.1, 0.15) is 6.54 Å². The fourth-order valence-corrected chi connectivity index (χ4v) is 3.86. The summed E-state index contributed by atoms with van der Waals surface area (Å²) in [5.74, 6) is 2.22. The molecule has 0 unspecified atom stereocenters. The van der Waals surface area contributed by atoms with Crippen LogP contribution in [0.4, 0.5) is 0 Å². The largest absolute Gasteiger partial charge is 0.354 e. The number of para-hydroxylation sites is 1. The molecular formula is C18H20N2O. The molecule has 3 atom stereocenters. The van der Waals surface area contributed by atoms with Crippen molar-refractivity contribution in [1.82, 2.24) is 9.88 Å². The number of carbonyl (C=O) groups excluding carboxylic acids is 1. The van der Waals surface area contributed by atoms with E-state index in [-0.39, 0.29) is 5.91 Å². The van der Waals surface area contributed by atoms with E-state index in [1.54, 1.807) is 0 Å². The van der Waals surface area contributed by atoms with E-state index in [1.165, 1.54) is 18.2 Å². The van der Waals surface area contributed by atoms with Gasteiger partial charge in [-0.1, -0.05) is 30.4 Å². The Hall–Kier alpha value is -2.03. The number of fused-ring (bicyclic) bond motifs is 3. The van der Waals surface area contributed by atoms with E-state index in [1.807, 2.05) is 22.9 Å². The number of hydrogen-bond donors (Lipinski definition) is 1. The molecule has 3 heteroatoms. The lowest BCUT2D eigenvalue weighted by Crippen LogP contribution is -2.33. The first-order valence-corrected chi connectivity index (χ1v) is 7.78. The summed E-state index contributed by atoms with van der Waals surface area (Å²) in [6, 6.07) is 10.2. The van der Waals surface area contributed by atoms with Gasteiger partial charge in [0.25, 0.3) is 0 Å². The molecule has 0 spiro atoms. The predicted molar refractivity (Wildman–Crippen MR) is 83.8 cm³/mol. The minimum atomic E-state index is 0.114. The number of amides is 1. The Morgan fingerprint density at radius 1 is 1.19 bits per heavy atom. The van der Waals surface area contributed by atoms with Gasteiger partial charge in [-0.25, -0.2) is 0 Å². The molecule has 2 aliphatic carbocycles. The molecule has 1 saturated carbocycles. The van der Waals surface area contributed by atoms with Crippen molar-refractivity contribution < 1.29 is 4.79 Å². The molecular weight excluding hydrogens is 260 g/mol. The van der Waals surface area contributed by atoms with E-state index >= 15 is 0 Å². The topological polar surface area (TPSA) is 34.0 Å². The van der Waals surface area contributed by atoms with Crippen LogP contribution in [0.2, 0.25) is 0 Å². The van der Waals surface area contributed by atoms with Gasteiger partial charge in [-0.2, -0.15) is 0 Å². The number of nitrogens with zero attached hydrogens (tertiary/aromatic N) is 1. The normalized spacial score (nSPS) is 26.6. The lowest BCUT2D eigenvalue weighted by Gasteiger charge is -2.18. The smallest absolute Gasteiger partial charge is 0.239 e. The summed E-state index contributed by atoms with van der Waals surface area (Å²) in [5.41, 5.74) is 1.12. The molecule has 2 bridgehead atoms. The Kier molecular flexibility index (Phi) is 3.06. The zero-order valence-corrected chi connectivity index (χ0v) is 12.0. The van der Waals surface area contributed by atoms with Crippen LogP contribution in [0.1, 0.15) is 12.8 Å². The van der Waals surface area contributed by atoms with Crippen LogP contribution in [0.15, 0.2) is 48.7 Å². The lowest BCUT2D eigenvalue weighted by molar-refractivity contribution is -0.121. The maximum Gasteiger partial charge on any atom is 0.239 e. The van der Waals surface area contributed by atoms with Crippen LogP contribution in [-0.2, 0) is 11.3 Å². The van der Waals surface area contributed by atoms with Gasteiger partial charge >= 0.3 is 0 Å². The van der Waals surface area contributed by atoms with Crippen LogP contribution >= 0.6 is 0 Å². The number of benzene rings is 1. The molecule has 1 amide bonds. The van der Waals surface area contributed by atoms with Crippen molar-refractivity contribution in [2.45, 2.75) is 19.4 Å². The number of rotatable bonds is 4. The summed E-state index contributed by atoms with van der Waals surface area (Å²) in [5, 5.41) is 4.30. The van der Waals surface area contributed by atoms with E-state index in [9.17, 15) is 4.79 Å². The Labute approximate surface area is 124 Å². The van der Waals surface area contributed by atoms with Crippen molar-refractivity contribution in [2.24, 2.45) is 17.8 Å². The Balaban J connectivity index is 1.37. The van der Waals surface area contributed by atoms with Crippen LogP contribution in [0.3, 0.4) is 0 Å². The fraction of sp³-hybridized carbons (Fsp3) is 0.389. The number of nitrogens with one attached hydrogen (secondary N) is 1. The molecule has 0 radical (unpaired) electrons. The van der Waals surface area contributed by atoms with Crippen molar-refractivity contribution in [1.29, 1.82) is 0 Å². The molecule has 1 heterocycles. The number of allylic oxidation sites excluding steroid dienone is 2. The molecule has 1 aromatic heterocycles. The average molecular weight is 280 g/mol. The molecule has 2 aromatic rings. The van der Waals surface area contributed by atoms with Crippen LogP contribution in [0, 0.1) is 17.8 Å². The highest BCUT2D eigenvalue weighted by Gasteiger charge is 2.35. The quantitative estimate of drug-likeness (QED) is 0.858. The Bertz CT molecular complexity index is 700. The highest BCUT2D eigenvalue weighted by molar-refractivity contribution is 5.83. The highest BCUT2D eigenvalue weighted by Crippen LogP contribution is 2.42. The summed E-state index contributed by atoms with van der Waals surface area (Å²) in [6.07, 6.45) is 9.21. The summed E-state index contributed by atoms with van der Waals surface area (Å²) >= 11 is 0. The zero-order chi connectivity index (χ0) is 14.2. The highest BCUT2D eigenvalue weighted by atomic mass is 16.1. The minimum absolute atomic E-state index is 0.114. The van der Waals surface area contributed by atoms with Gasteiger partial charge in [0.15, 0.2) is 0 Å². The van der Waals surface area contributed by atoms with E-state index in [2.05, 4.69) is 35.7 Å². The number of carbonyl (C=O) groups is 1. The summed E-state index contributed by atoms with van der Waals surface area (Å²) in [4.78, 5) is 12.2. The standard InChI is InChI=1S/C18H20N2O/c21-18(19-11-16-10-13-5-6-15(16)9-13)12-20-8-7-14-3-1-2-4-17(14)20/h1-8,13,15-16H,9-12H2,(H,19,21)/t13-,15+,16+/m0/s1. The second-order valence-corrected chi connectivity index (χ2v) is 6.35. The molecule has 1 fully saturated rings. The number of hydrogen-bond acceptors (Lipinski definition) is 1. The predicted octanol–water partition coefficient (Wildman–Crippen LogP) is 2.97. The molecule has 0 aliphatic heterocycles. The maximum atomic E-state index is 12.2. The van der Waals surface area contributed by atoms with E-state index < -0.39 is 0 Å². The molecule has 4 rings (SSSR count). The monoisotopic (exact) mass is 280 g/mol. The molecule has 0 saturated heterocycles. The molecule has 108 valence electrons. The van der Waals surface area contributed by atoms with Crippen molar-refractivity contribution in [2.75, 3.05) is 6.54 Å². The van der Waals surface area contributed by atoms with Gasteiger partial charge in [-0.05, 0) is 48.1 Å². The number of aromatic nitrogens is 1. The van der Waals surface area contributed by atoms with Crippen molar-refractivity contribution in [3.63, 3.8) is 0 Å². The van der Waals surface area contributed by atoms with Crippen LogP contribution in [-0.4, -0.2) is 17.0 Å². The third-order valence-electron chi connectivity index (χ3n) is 4.97. The summed E-state index contributed by atoms with van der Waals surface area (Å²) < 4.78 is 2.02. The lowest BCUT2D eigenvalue weighted by atomic mass is 9.94. The molecule has 3 nitrogen and oxygen atoms in total. The fourth-order valence-electron chi connectivity index (χ4n) is 3.86. The minimum Gasteiger partial charge on any atom is -0.354 e. The van der Waals surface area contributed by atoms with E-state index in [0.29, 0.717) is 18.4 Å². The average Bonchev–Trinajstić information content (AvgIpc) is 3.21.